The van der Waals surface area contributed by atoms with Gasteiger partial charge in [-0.2, -0.15) is 0 Å². The summed E-state index contributed by atoms with van der Waals surface area (Å²) in [6, 6.07) is 16.6. The molecule has 3 N–H and O–H groups in total. The summed E-state index contributed by atoms with van der Waals surface area (Å²) in [6.07, 6.45) is 0. The highest BCUT2D eigenvalue weighted by molar-refractivity contribution is 7.21. The molecule has 28 heavy (non-hydrogen) atoms. The molecule has 2 aromatic carbocycles. The van der Waals surface area contributed by atoms with Crippen molar-refractivity contribution in [2.75, 3.05) is 11.1 Å². The normalized spacial score (nSPS) is 11.0. The summed E-state index contributed by atoms with van der Waals surface area (Å²) in [5.74, 6) is -0.284. The molecule has 0 aliphatic heterocycles. The number of aromatic nitrogens is 1. The first-order valence-corrected chi connectivity index (χ1v) is 10.0. The van der Waals surface area contributed by atoms with Crippen LogP contribution in [0.4, 0.5) is 11.4 Å². The number of carbonyl (C=O) groups is 1. The summed E-state index contributed by atoms with van der Waals surface area (Å²) in [6.45, 7) is 1.90. The van der Waals surface area contributed by atoms with E-state index in [4.69, 9.17) is 28.9 Å². The van der Waals surface area contributed by atoms with E-state index in [0.717, 1.165) is 22.2 Å². The largest absolute Gasteiger partial charge is 0.397 e. The van der Waals surface area contributed by atoms with Crippen LogP contribution in [0.25, 0.3) is 21.5 Å². The second-order valence-electron chi connectivity index (χ2n) is 6.32. The standard InChI is InChI=1S/C21H15Cl2N3OS/c1-11-2-7-14(10-16(11)23)25-20(27)19-18(24)15-8-9-17(26-21(15)28-19)12-3-5-13(22)6-4-12/h2-10H,24H2,1H3,(H,25,27). The Balaban J connectivity index is 1.67. The number of thiophene rings is 1. The van der Waals surface area contributed by atoms with Crippen LogP contribution in [0.15, 0.2) is 54.6 Å². The van der Waals surface area contributed by atoms with Gasteiger partial charge in [0.05, 0.1) is 11.4 Å². The van der Waals surface area contributed by atoms with Gasteiger partial charge in [-0.25, -0.2) is 4.98 Å². The van der Waals surface area contributed by atoms with Gasteiger partial charge in [0.1, 0.15) is 9.71 Å². The molecule has 1 amide bonds. The minimum atomic E-state index is -0.284. The minimum Gasteiger partial charge on any atom is -0.397 e. The van der Waals surface area contributed by atoms with Crippen molar-refractivity contribution >= 4 is 62.0 Å². The predicted octanol–water partition coefficient (Wildman–Crippen LogP) is 6.41. The van der Waals surface area contributed by atoms with Crippen molar-refractivity contribution in [2.45, 2.75) is 6.92 Å². The van der Waals surface area contributed by atoms with Gasteiger partial charge in [0, 0.05) is 26.7 Å². The molecule has 0 fully saturated rings. The first-order valence-electron chi connectivity index (χ1n) is 8.45. The van der Waals surface area contributed by atoms with E-state index in [2.05, 4.69) is 10.3 Å². The Hall–Kier alpha value is -2.60. The number of nitrogen functional groups attached to an aromatic ring is 1. The number of rotatable bonds is 3. The van der Waals surface area contributed by atoms with Crippen molar-refractivity contribution in [3.05, 3.63) is 75.1 Å². The zero-order valence-electron chi connectivity index (χ0n) is 14.8. The fourth-order valence-electron chi connectivity index (χ4n) is 2.81. The van der Waals surface area contributed by atoms with Crippen molar-refractivity contribution in [1.82, 2.24) is 4.98 Å². The molecule has 0 aliphatic carbocycles. The van der Waals surface area contributed by atoms with Crippen LogP contribution >= 0.6 is 34.5 Å². The Morgan fingerprint density at radius 1 is 1.07 bits per heavy atom. The fraction of sp³-hybridized carbons (Fsp3) is 0.0476. The number of anilines is 2. The molecule has 4 nitrogen and oxygen atoms in total. The third-order valence-corrected chi connectivity index (χ3v) is 6.14. The van der Waals surface area contributed by atoms with Gasteiger partial charge < -0.3 is 11.1 Å². The number of fused-ring (bicyclic) bond motifs is 1. The van der Waals surface area contributed by atoms with Gasteiger partial charge in [-0.05, 0) is 48.9 Å². The monoisotopic (exact) mass is 427 g/mol. The highest BCUT2D eigenvalue weighted by atomic mass is 35.5. The van der Waals surface area contributed by atoms with Crippen molar-refractivity contribution in [3.63, 3.8) is 0 Å². The average molecular weight is 428 g/mol. The van der Waals surface area contributed by atoms with Crippen LogP contribution in [0.1, 0.15) is 15.2 Å². The first kappa shape index (κ1) is 18.7. The number of carbonyl (C=O) groups excluding carboxylic acids is 1. The zero-order chi connectivity index (χ0) is 19.8. The van der Waals surface area contributed by atoms with Crippen molar-refractivity contribution in [2.24, 2.45) is 0 Å². The highest BCUT2D eigenvalue weighted by Crippen LogP contribution is 2.35. The number of hydrogen-bond acceptors (Lipinski definition) is 4. The van der Waals surface area contributed by atoms with Crippen LogP contribution in [0.5, 0.6) is 0 Å². The molecule has 2 heterocycles. The third-order valence-electron chi connectivity index (χ3n) is 4.37. The number of aryl methyl sites for hydroxylation is 1. The van der Waals surface area contributed by atoms with Crippen molar-refractivity contribution < 1.29 is 4.79 Å². The van der Waals surface area contributed by atoms with E-state index in [1.807, 2.05) is 49.4 Å². The summed E-state index contributed by atoms with van der Waals surface area (Å²) in [4.78, 5) is 18.5. The molecule has 0 atom stereocenters. The minimum absolute atomic E-state index is 0.284. The summed E-state index contributed by atoms with van der Waals surface area (Å²) in [7, 11) is 0. The lowest BCUT2D eigenvalue weighted by Gasteiger charge is -2.06. The molecule has 4 rings (SSSR count). The topological polar surface area (TPSA) is 68.0 Å². The Kier molecular flexibility index (Phi) is 4.98. The third kappa shape index (κ3) is 3.56. The van der Waals surface area contributed by atoms with Gasteiger partial charge in [0.25, 0.3) is 5.91 Å². The number of pyridine rings is 1. The SMILES string of the molecule is Cc1ccc(NC(=O)c2sc3nc(-c4ccc(Cl)cc4)ccc3c2N)cc1Cl. The van der Waals surface area contributed by atoms with E-state index in [-0.39, 0.29) is 5.91 Å². The molecule has 4 aromatic rings. The number of hydrogen-bond donors (Lipinski definition) is 2. The second kappa shape index (κ2) is 7.43. The van der Waals surface area contributed by atoms with Crippen LogP contribution in [-0.2, 0) is 0 Å². The zero-order valence-corrected chi connectivity index (χ0v) is 17.1. The summed E-state index contributed by atoms with van der Waals surface area (Å²) < 4.78 is 0. The molecular weight excluding hydrogens is 413 g/mol. The maximum absolute atomic E-state index is 12.7. The lowest BCUT2D eigenvalue weighted by atomic mass is 10.1. The van der Waals surface area contributed by atoms with Gasteiger partial charge in [0.2, 0.25) is 0 Å². The molecule has 0 saturated carbocycles. The molecule has 0 unspecified atom stereocenters. The molecule has 0 spiro atoms. The van der Waals surface area contributed by atoms with Crippen LogP contribution in [-0.4, -0.2) is 10.9 Å². The van der Waals surface area contributed by atoms with E-state index in [1.165, 1.54) is 11.3 Å². The fourth-order valence-corrected chi connectivity index (χ4v) is 4.10. The number of nitrogens with zero attached hydrogens (tertiary/aromatic N) is 1. The van der Waals surface area contributed by atoms with Gasteiger partial charge in [0.15, 0.2) is 0 Å². The smallest absolute Gasteiger partial charge is 0.267 e. The van der Waals surface area contributed by atoms with Gasteiger partial charge in [-0.3, -0.25) is 4.79 Å². The summed E-state index contributed by atoms with van der Waals surface area (Å²) >= 11 is 13.3. The molecule has 0 bridgehead atoms. The summed E-state index contributed by atoms with van der Waals surface area (Å²) in [5, 5.41) is 4.87. The molecule has 0 radical (unpaired) electrons. The number of benzene rings is 2. The second-order valence-corrected chi connectivity index (χ2v) is 8.16. The molecule has 2 aromatic heterocycles. The summed E-state index contributed by atoms with van der Waals surface area (Å²) in [5.41, 5.74) is 9.94. The maximum atomic E-state index is 12.7. The number of nitrogens with one attached hydrogen (secondary N) is 1. The number of halogens is 2. The molecule has 7 heteroatoms. The van der Waals surface area contributed by atoms with Crippen LogP contribution in [0.3, 0.4) is 0 Å². The Labute approximate surface area is 175 Å². The van der Waals surface area contributed by atoms with E-state index in [0.29, 0.717) is 31.1 Å². The predicted molar refractivity (Wildman–Crippen MR) is 119 cm³/mol. The van der Waals surface area contributed by atoms with E-state index in [9.17, 15) is 4.79 Å². The van der Waals surface area contributed by atoms with Crippen LogP contribution in [0.2, 0.25) is 10.0 Å². The van der Waals surface area contributed by atoms with E-state index >= 15 is 0 Å². The van der Waals surface area contributed by atoms with Crippen molar-refractivity contribution in [3.8, 4) is 11.3 Å². The number of nitrogens with two attached hydrogens (primary N) is 1. The first-order chi connectivity index (χ1) is 13.4. The van der Waals surface area contributed by atoms with E-state index < -0.39 is 0 Å². The van der Waals surface area contributed by atoms with E-state index in [1.54, 1.807) is 12.1 Å². The Bertz CT molecular complexity index is 1200. The molecular formula is C21H15Cl2N3OS. The molecule has 140 valence electrons. The quantitative estimate of drug-likeness (QED) is 0.396. The average Bonchev–Trinajstić information content (AvgIpc) is 3.01. The maximum Gasteiger partial charge on any atom is 0.267 e. The lowest BCUT2D eigenvalue weighted by Crippen LogP contribution is -2.11. The Morgan fingerprint density at radius 2 is 1.82 bits per heavy atom. The van der Waals surface area contributed by atoms with Gasteiger partial charge in [-0.1, -0.05) is 41.4 Å². The Morgan fingerprint density at radius 3 is 2.54 bits per heavy atom. The lowest BCUT2D eigenvalue weighted by molar-refractivity contribution is 0.103. The number of amides is 1. The van der Waals surface area contributed by atoms with Crippen molar-refractivity contribution in [1.29, 1.82) is 0 Å². The van der Waals surface area contributed by atoms with Crippen LogP contribution in [0, 0.1) is 6.92 Å². The highest BCUT2D eigenvalue weighted by Gasteiger charge is 2.18. The molecule has 0 saturated heterocycles. The van der Waals surface area contributed by atoms with Crippen LogP contribution < -0.4 is 11.1 Å². The molecule has 0 aliphatic rings. The van der Waals surface area contributed by atoms with Gasteiger partial charge >= 0.3 is 0 Å². The van der Waals surface area contributed by atoms with Gasteiger partial charge in [-0.15, -0.1) is 11.3 Å².